The van der Waals surface area contributed by atoms with Crippen LogP contribution in [0.5, 0.6) is 0 Å². The summed E-state index contributed by atoms with van der Waals surface area (Å²) in [5, 5.41) is 8.16. The molecule has 1 fully saturated rings. The minimum absolute atomic E-state index is 0. The molecule has 0 aromatic rings. The maximum Gasteiger partial charge on any atom is 1.00 e. The van der Waals surface area contributed by atoms with Crippen molar-refractivity contribution in [3.05, 3.63) is 0 Å². The van der Waals surface area contributed by atoms with E-state index < -0.39 is 12.8 Å². The van der Waals surface area contributed by atoms with E-state index in [1.165, 1.54) is 0 Å². The van der Waals surface area contributed by atoms with Crippen LogP contribution in [0.4, 0.5) is 12.9 Å². The van der Waals surface area contributed by atoms with E-state index in [9.17, 15) is 12.9 Å². The smallest absolute Gasteiger partial charge is 0.449 e. The first kappa shape index (κ1) is 12.0. The van der Waals surface area contributed by atoms with Crippen LogP contribution in [0, 0.1) is 17.2 Å². The topological polar surface area (TPSA) is 23.8 Å². The second-order valence-electron chi connectivity index (χ2n) is 2.68. The van der Waals surface area contributed by atoms with E-state index in [1.54, 1.807) is 0 Å². The predicted molar refractivity (Wildman–Crippen MR) is 31.2 cm³/mol. The molecule has 0 unspecified atom stereocenters. The Morgan fingerprint density at radius 1 is 1.27 bits per heavy atom. The van der Waals surface area contributed by atoms with Gasteiger partial charge in [0.25, 0.3) is 0 Å². The fraction of sp³-hybridized carbons (Fsp3) is 0.800. The van der Waals surface area contributed by atoms with Crippen molar-refractivity contribution < 1.29 is 64.3 Å². The van der Waals surface area contributed by atoms with Crippen molar-refractivity contribution in [3.8, 4) is 6.07 Å². The van der Waals surface area contributed by atoms with Crippen LogP contribution < -0.4 is 51.4 Å². The molecule has 0 atom stereocenters. The van der Waals surface area contributed by atoms with Gasteiger partial charge in [-0.3, -0.25) is 0 Å². The molecule has 0 spiro atoms. The van der Waals surface area contributed by atoms with Gasteiger partial charge < -0.3 is 12.9 Å². The van der Waals surface area contributed by atoms with Crippen molar-refractivity contribution >= 4 is 6.98 Å². The van der Waals surface area contributed by atoms with Gasteiger partial charge in [0.05, 0.1) is 6.07 Å². The van der Waals surface area contributed by atoms with Crippen molar-refractivity contribution in [2.24, 2.45) is 5.92 Å². The van der Waals surface area contributed by atoms with Gasteiger partial charge in [-0.25, -0.2) is 0 Å². The number of halogens is 3. The van der Waals surface area contributed by atoms with E-state index >= 15 is 0 Å². The Morgan fingerprint density at radius 3 is 2.00 bits per heavy atom. The molecule has 56 valence electrons. The van der Waals surface area contributed by atoms with Crippen molar-refractivity contribution in [1.29, 1.82) is 5.26 Å². The van der Waals surface area contributed by atoms with Gasteiger partial charge in [0.2, 0.25) is 0 Å². The SMILES string of the molecule is N#CC1CC([B-](F)(F)F)C1.[K+]. The Labute approximate surface area is 106 Å². The Hall–Kier alpha value is 0.981. The average molecular weight is 187 g/mol. The van der Waals surface area contributed by atoms with Crippen LogP contribution in [0.25, 0.3) is 0 Å². The third kappa shape index (κ3) is 3.07. The molecular formula is C5H6BF3KN. The minimum atomic E-state index is -4.66. The Balaban J connectivity index is 0.000001000. The van der Waals surface area contributed by atoms with Crippen LogP contribution in [0.2, 0.25) is 5.82 Å². The van der Waals surface area contributed by atoms with Gasteiger partial charge >= 0.3 is 58.4 Å². The molecule has 0 amide bonds. The molecule has 6 heteroatoms. The fourth-order valence-electron chi connectivity index (χ4n) is 1.08. The van der Waals surface area contributed by atoms with E-state index in [2.05, 4.69) is 0 Å². The van der Waals surface area contributed by atoms with Crippen LogP contribution in [0.3, 0.4) is 0 Å². The van der Waals surface area contributed by atoms with Gasteiger partial charge in [0.1, 0.15) is 0 Å². The molecular weight excluding hydrogens is 181 g/mol. The molecule has 1 rings (SSSR count). The molecule has 1 aliphatic carbocycles. The maximum atomic E-state index is 11.8. The second-order valence-corrected chi connectivity index (χ2v) is 2.68. The van der Waals surface area contributed by atoms with Gasteiger partial charge in [-0.2, -0.15) is 5.26 Å². The predicted octanol–water partition coefficient (Wildman–Crippen LogP) is -0.858. The van der Waals surface area contributed by atoms with Crippen LogP contribution >= 0.6 is 0 Å². The molecule has 1 saturated carbocycles. The van der Waals surface area contributed by atoms with Crippen LogP contribution in [-0.4, -0.2) is 6.98 Å². The molecule has 1 nitrogen and oxygen atoms in total. The molecule has 0 aliphatic heterocycles. The normalized spacial score (nSPS) is 29.6. The zero-order chi connectivity index (χ0) is 7.78. The molecule has 1 aliphatic rings. The molecule has 0 aromatic heterocycles. The molecule has 11 heavy (non-hydrogen) atoms. The molecule has 0 saturated heterocycles. The van der Waals surface area contributed by atoms with Crippen LogP contribution in [0.15, 0.2) is 0 Å². The third-order valence-corrected chi connectivity index (χ3v) is 1.89. The molecule has 0 N–H and O–H groups in total. The number of nitrogens with zero attached hydrogens (tertiary/aromatic N) is 1. The number of rotatable bonds is 1. The monoisotopic (exact) mass is 187 g/mol. The summed E-state index contributed by atoms with van der Waals surface area (Å²) < 4.78 is 35.3. The van der Waals surface area contributed by atoms with Crippen LogP contribution in [0.1, 0.15) is 12.8 Å². The first-order valence-corrected chi connectivity index (χ1v) is 3.13. The number of nitriles is 1. The van der Waals surface area contributed by atoms with Gasteiger partial charge in [0, 0.05) is 5.92 Å². The van der Waals surface area contributed by atoms with Gasteiger partial charge in [-0.15, -0.1) is 0 Å². The third-order valence-electron chi connectivity index (χ3n) is 1.89. The van der Waals surface area contributed by atoms with Crippen molar-refractivity contribution in [2.45, 2.75) is 18.7 Å². The van der Waals surface area contributed by atoms with Crippen molar-refractivity contribution in [2.75, 3.05) is 0 Å². The van der Waals surface area contributed by atoms with Crippen LogP contribution in [-0.2, 0) is 0 Å². The quantitative estimate of drug-likeness (QED) is 0.490. The Bertz CT molecular complexity index is 170. The second kappa shape index (κ2) is 4.28. The first-order chi connectivity index (χ1) is 4.54. The zero-order valence-electron chi connectivity index (χ0n) is 6.23. The van der Waals surface area contributed by atoms with Gasteiger partial charge in [0.15, 0.2) is 0 Å². The molecule has 0 bridgehead atoms. The summed E-state index contributed by atoms with van der Waals surface area (Å²) in [6.07, 6.45) is 0.0556. The molecule has 0 radical (unpaired) electrons. The van der Waals surface area contributed by atoms with E-state index in [1.807, 2.05) is 6.07 Å². The fourth-order valence-corrected chi connectivity index (χ4v) is 1.08. The van der Waals surface area contributed by atoms with E-state index in [-0.39, 0.29) is 70.1 Å². The van der Waals surface area contributed by atoms with Gasteiger partial charge in [-0.1, -0.05) is 18.7 Å². The van der Waals surface area contributed by atoms with Gasteiger partial charge in [-0.05, 0) is 0 Å². The maximum absolute atomic E-state index is 11.8. The average Bonchev–Trinajstić information content (AvgIpc) is 1.57. The Kier molecular flexibility index (Phi) is 4.67. The number of hydrogen-bond acceptors (Lipinski definition) is 1. The van der Waals surface area contributed by atoms with E-state index in [4.69, 9.17) is 5.26 Å². The summed E-state index contributed by atoms with van der Waals surface area (Å²) in [5.41, 5.74) is 0. The van der Waals surface area contributed by atoms with E-state index in [0.717, 1.165) is 0 Å². The summed E-state index contributed by atoms with van der Waals surface area (Å²) in [6, 6.07) is 1.81. The molecule has 0 aromatic carbocycles. The van der Waals surface area contributed by atoms with Crippen molar-refractivity contribution in [3.63, 3.8) is 0 Å². The Morgan fingerprint density at radius 2 is 1.73 bits per heavy atom. The summed E-state index contributed by atoms with van der Waals surface area (Å²) in [7, 11) is 0. The van der Waals surface area contributed by atoms with Crippen molar-refractivity contribution in [1.82, 2.24) is 0 Å². The summed E-state index contributed by atoms with van der Waals surface area (Å²) in [6.45, 7) is -4.66. The summed E-state index contributed by atoms with van der Waals surface area (Å²) in [4.78, 5) is 0. The standard InChI is InChI=1S/C5H6BF3N.K/c7-6(8,9)5-1-4(2-5)3-10;/h4-5H,1-2H2;/q-1;+1. The number of hydrogen-bond donors (Lipinski definition) is 0. The summed E-state index contributed by atoms with van der Waals surface area (Å²) in [5.74, 6) is -1.49. The summed E-state index contributed by atoms with van der Waals surface area (Å²) >= 11 is 0. The first-order valence-electron chi connectivity index (χ1n) is 3.13. The zero-order valence-corrected chi connectivity index (χ0v) is 9.35. The largest absolute Gasteiger partial charge is 1.00 e. The minimum Gasteiger partial charge on any atom is -0.449 e. The molecule has 0 heterocycles. The van der Waals surface area contributed by atoms with E-state index in [0.29, 0.717) is 0 Å².